The molecule has 0 bridgehead atoms. The first kappa shape index (κ1) is 15.0. The zero-order chi connectivity index (χ0) is 16.5. The van der Waals surface area contributed by atoms with E-state index in [0.717, 1.165) is 35.4 Å². The molecule has 0 radical (unpaired) electrons. The number of aryl methyl sites for hydroxylation is 1. The predicted octanol–water partition coefficient (Wildman–Crippen LogP) is 3.99. The van der Waals surface area contributed by atoms with Gasteiger partial charge in [0, 0.05) is 16.7 Å². The lowest BCUT2D eigenvalue weighted by Gasteiger charge is -2.09. The number of thiophene rings is 1. The van der Waals surface area contributed by atoms with Crippen molar-refractivity contribution in [3.8, 4) is 23.3 Å². The van der Waals surface area contributed by atoms with Crippen LogP contribution in [0.25, 0.3) is 0 Å². The molecule has 24 heavy (non-hydrogen) atoms. The minimum Gasteiger partial charge on any atom is -0.493 e. The third kappa shape index (κ3) is 2.51. The highest BCUT2D eigenvalue weighted by atomic mass is 32.1. The molecule has 2 aromatic rings. The second kappa shape index (κ2) is 6.17. The molecule has 1 aliphatic carbocycles. The van der Waals surface area contributed by atoms with E-state index in [4.69, 9.17) is 14.2 Å². The molecule has 2 aliphatic rings. The third-order valence-electron chi connectivity index (χ3n) is 4.28. The van der Waals surface area contributed by atoms with Gasteiger partial charge in [0.1, 0.15) is 11.1 Å². The molecule has 0 unspecified atom stereocenters. The van der Waals surface area contributed by atoms with Crippen molar-refractivity contribution in [2.75, 3.05) is 13.9 Å². The summed E-state index contributed by atoms with van der Waals surface area (Å²) in [4.78, 5) is 5.89. The Kier molecular flexibility index (Phi) is 3.87. The molecule has 0 amide bonds. The third-order valence-corrected chi connectivity index (χ3v) is 5.48. The van der Waals surface area contributed by atoms with Crippen LogP contribution in [0, 0.1) is 11.3 Å². The van der Waals surface area contributed by atoms with E-state index < -0.39 is 0 Å². The van der Waals surface area contributed by atoms with E-state index in [9.17, 15) is 5.26 Å². The number of hydrogen-bond acceptors (Lipinski definition) is 6. The standard InChI is InChI=1S/C18H16N2O3S/c1-21-14-6-11(7-15-17(14)23-10-22-15)9-20-18-13(8-19)12-4-2-3-5-16(12)24-18/h6-7,9H,2-5,10H2,1H3. The van der Waals surface area contributed by atoms with Crippen LogP contribution in [-0.4, -0.2) is 20.1 Å². The fourth-order valence-electron chi connectivity index (χ4n) is 3.12. The van der Waals surface area contributed by atoms with Gasteiger partial charge in [-0.1, -0.05) is 0 Å². The van der Waals surface area contributed by atoms with Gasteiger partial charge in [-0.05, 0) is 43.4 Å². The van der Waals surface area contributed by atoms with Gasteiger partial charge < -0.3 is 14.2 Å². The van der Waals surface area contributed by atoms with E-state index in [-0.39, 0.29) is 6.79 Å². The molecule has 6 heteroatoms. The van der Waals surface area contributed by atoms with Gasteiger partial charge in [0.25, 0.3) is 0 Å². The zero-order valence-corrected chi connectivity index (χ0v) is 14.1. The number of methoxy groups -OCH3 is 1. The Morgan fingerprint density at radius 1 is 1.29 bits per heavy atom. The van der Waals surface area contributed by atoms with Gasteiger partial charge in [0.2, 0.25) is 12.5 Å². The maximum atomic E-state index is 9.50. The maximum absolute atomic E-state index is 9.50. The lowest BCUT2D eigenvalue weighted by Crippen LogP contribution is -1.99. The van der Waals surface area contributed by atoms with Crippen molar-refractivity contribution in [3.05, 3.63) is 33.7 Å². The minimum atomic E-state index is 0.197. The quantitative estimate of drug-likeness (QED) is 0.793. The normalized spacial score (nSPS) is 15.3. The summed E-state index contributed by atoms with van der Waals surface area (Å²) in [6.45, 7) is 0.197. The highest BCUT2D eigenvalue weighted by molar-refractivity contribution is 7.16. The number of rotatable bonds is 3. The highest BCUT2D eigenvalue weighted by Gasteiger charge is 2.21. The molecule has 0 saturated carbocycles. The number of nitriles is 1. The van der Waals surface area contributed by atoms with Crippen LogP contribution in [0.1, 0.15) is 34.4 Å². The molecule has 1 aromatic carbocycles. The molecule has 2 heterocycles. The van der Waals surface area contributed by atoms with Gasteiger partial charge in [-0.2, -0.15) is 5.26 Å². The van der Waals surface area contributed by atoms with Crippen LogP contribution in [0.2, 0.25) is 0 Å². The Morgan fingerprint density at radius 2 is 2.17 bits per heavy atom. The van der Waals surface area contributed by atoms with E-state index in [1.54, 1.807) is 24.7 Å². The monoisotopic (exact) mass is 340 g/mol. The van der Waals surface area contributed by atoms with Crippen molar-refractivity contribution < 1.29 is 14.2 Å². The molecule has 4 rings (SSSR count). The predicted molar refractivity (Wildman–Crippen MR) is 92.0 cm³/mol. The molecule has 0 fully saturated rings. The first-order chi connectivity index (χ1) is 11.8. The second-order valence-corrected chi connectivity index (χ2v) is 6.80. The fraction of sp³-hybridized carbons (Fsp3) is 0.333. The summed E-state index contributed by atoms with van der Waals surface area (Å²) < 4.78 is 16.2. The smallest absolute Gasteiger partial charge is 0.231 e. The van der Waals surface area contributed by atoms with Gasteiger partial charge >= 0.3 is 0 Å². The zero-order valence-electron chi connectivity index (χ0n) is 13.3. The summed E-state index contributed by atoms with van der Waals surface area (Å²) in [6.07, 6.45) is 6.15. The molecule has 0 atom stereocenters. The van der Waals surface area contributed by atoms with Crippen molar-refractivity contribution in [2.45, 2.75) is 25.7 Å². The molecule has 1 aliphatic heterocycles. The number of ether oxygens (including phenoxy) is 3. The topological polar surface area (TPSA) is 63.8 Å². The van der Waals surface area contributed by atoms with Gasteiger partial charge in [-0.15, -0.1) is 11.3 Å². The number of aliphatic imine (C=N–C) groups is 1. The van der Waals surface area contributed by atoms with Gasteiger partial charge in [0.05, 0.1) is 12.7 Å². The van der Waals surface area contributed by atoms with E-state index >= 15 is 0 Å². The Balaban J connectivity index is 1.69. The van der Waals surface area contributed by atoms with Crippen LogP contribution >= 0.6 is 11.3 Å². The van der Waals surface area contributed by atoms with E-state index in [1.807, 2.05) is 12.1 Å². The first-order valence-electron chi connectivity index (χ1n) is 7.86. The lowest BCUT2D eigenvalue weighted by atomic mass is 9.96. The van der Waals surface area contributed by atoms with Crippen LogP contribution < -0.4 is 14.2 Å². The van der Waals surface area contributed by atoms with E-state index in [0.29, 0.717) is 17.2 Å². The SMILES string of the molecule is COc1cc(C=Nc2sc3c(c2C#N)CCCC3)cc2c1OCO2. The molecular formula is C18H16N2O3S. The Bertz CT molecular complexity index is 864. The molecule has 122 valence electrons. The van der Waals surface area contributed by atoms with Crippen molar-refractivity contribution in [2.24, 2.45) is 4.99 Å². The van der Waals surface area contributed by atoms with Crippen molar-refractivity contribution in [3.63, 3.8) is 0 Å². The van der Waals surface area contributed by atoms with Gasteiger partial charge in [-0.25, -0.2) is 4.99 Å². The molecule has 0 saturated heterocycles. The number of fused-ring (bicyclic) bond motifs is 2. The van der Waals surface area contributed by atoms with Crippen molar-refractivity contribution in [1.29, 1.82) is 5.26 Å². The summed E-state index contributed by atoms with van der Waals surface area (Å²) >= 11 is 1.63. The lowest BCUT2D eigenvalue weighted by molar-refractivity contribution is 0.171. The van der Waals surface area contributed by atoms with Crippen molar-refractivity contribution in [1.82, 2.24) is 0 Å². The molecule has 5 nitrogen and oxygen atoms in total. The van der Waals surface area contributed by atoms with Crippen LogP contribution in [0.5, 0.6) is 17.2 Å². The summed E-state index contributed by atoms with van der Waals surface area (Å²) in [5.41, 5.74) is 2.79. The van der Waals surface area contributed by atoms with Gasteiger partial charge in [-0.3, -0.25) is 0 Å². The fourth-order valence-corrected chi connectivity index (χ4v) is 4.30. The maximum Gasteiger partial charge on any atom is 0.231 e. The van der Waals surface area contributed by atoms with E-state index in [1.165, 1.54) is 16.9 Å². The Labute approximate surface area is 144 Å². The average molecular weight is 340 g/mol. The number of hydrogen-bond donors (Lipinski definition) is 0. The summed E-state index contributed by atoms with van der Waals surface area (Å²) in [7, 11) is 1.60. The number of nitrogens with zero attached hydrogens (tertiary/aromatic N) is 2. The molecule has 0 spiro atoms. The highest BCUT2D eigenvalue weighted by Crippen LogP contribution is 2.42. The van der Waals surface area contributed by atoms with Gasteiger partial charge in [0.15, 0.2) is 11.5 Å². The van der Waals surface area contributed by atoms with Crippen LogP contribution in [0.4, 0.5) is 5.00 Å². The Hall–Kier alpha value is -2.52. The second-order valence-electron chi connectivity index (χ2n) is 5.72. The minimum absolute atomic E-state index is 0.197. The summed E-state index contributed by atoms with van der Waals surface area (Å²) in [5.74, 6) is 1.90. The Morgan fingerprint density at radius 3 is 3.00 bits per heavy atom. The first-order valence-corrected chi connectivity index (χ1v) is 8.68. The summed E-state index contributed by atoms with van der Waals surface area (Å²) in [6, 6.07) is 6.06. The van der Waals surface area contributed by atoms with Crippen LogP contribution in [-0.2, 0) is 12.8 Å². The van der Waals surface area contributed by atoms with Crippen molar-refractivity contribution >= 4 is 22.6 Å². The average Bonchev–Trinajstić information content (AvgIpc) is 3.22. The van der Waals surface area contributed by atoms with Crippen LogP contribution in [0.15, 0.2) is 17.1 Å². The van der Waals surface area contributed by atoms with Crippen LogP contribution in [0.3, 0.4) is 0 Å². The molecule has 1 aromatic heterocycles. The molecule has 0 N–H and O–H groups in total. The largest absolute Gasteiger partial charge is 0.493 e. The van der Waals surface area contributed by atoms with E-state index in [2.05, 4.69) is 11.1 Å². The number of benzene rings is 1. The molecular weight excluding hydrogens is 324 g/mol. The summed E-state index contributed by atoms with van der Waals surface area (Å²) in [5, 5.41) is 10.3.